The zero-order chi connectivity index (χ0) is 12.1. The molecule has 1 aliphatic heterocycles. The van der Waals surface area contributed by atoms with E-state index in [1.165, 1.54) is 11.4 Å². The Balaban J connectivity index is 1.95. The fraction of sp³-hybridized carbons (Fsp3) is 0.538. The Kier molecular flexibility index (Phi) is 4.23. The molecule has 0 spiro atoms. The van der Waals surface area contributed by atoms with Gasteiger partial charge >= 0.3 is 0 Å². The third kappa shape index (κ3) is 3.11. The van der Waals surface area contributed by atoms with E-state index in [2.05, 4.69) is 46.7 Å². The van der Waals surface area contributed by atoms with Gasteiger partial charge in [0.15, 0.2) is 0 Å². The molecule has 4 nitrogen and oxygen atoms in total. The minimum Gasteiger partial charge on any atom is -0.395 e. The van der Waals surface area contributed by atoms with Gasteiger partial charge in [-0.2, -0.15) is 0 Å². The van der Waals surface area contributed by atoms with Crippen LogP contribution in [0, 0.1) is 0 Å². The lowest BCUT2D eigenvalue weighted by Crippen LogP contribution is -2.51. The van der Waals surface area contributed by atoms with Crippen LogP contribution >= 0.6 is 0 Å². The van der Waals surface area contributed by atoms with Gasteiger partial charge in [0.25, 0.3) is 0 Å². The second-order valence-electron chi connectivity index (χ2n) is 4.35. The number of aliphatic hydroxyl groups excluding tert-OH is 1. The fourth-order valence-corrected chi connectivity index (χ4v) is 1.99. The maximum absolute atomic E-state index is 8.98. The standard InChI is InChI=1S/C13H21N3O/c1-2-16(7-8-17)13-5-3-11(4-6-13)15-12-9-14-10-12/h3-6,12,14-15,17H,2,7-10H2,1H3. The third-order valence-electron chi connectivity index (χ3n) is 3.14. The first-order chi connectivity index (χ1) is 8.33. The van der Waals surface area contributed by atoms with Gasteiger partial charge in [0.05, 0.1) is 12.6 Å². The highest BCUT2D eigenvalue weighted by Crippen LogP contribution is 2.18. The highest BCUT2D eigenvalue weighted by Gasteiger charge is 2.15. The molecule has 0 unspecified atom stereocenters. The van der Waals surface area contributed by atoms with Gasteiger partial charge in [0.1, 0.15) is 0 Å². The minimum absolute atomic E-state index is 0.196. The smallest absolute Gasteiger partial charge is 0.0606 e. The summed E-state index contributed by atoms with van der Waals surface area (Å²) in [7, 11) is 0. The first-order valence-electron chi connectivity index (χ1n) is 6.26. The Morgan fingerprint density at radius 1 is 1.35 bits per heavy atom. The maximum atomic E-state index is 8.98. The zero-order valence-electron chi connectivity index (χ0n) is 10.3. The van der Waals surface area contributed by atoms with Crippen molar-refractivity contribution < 1.29 is 5.11 Å². The normalized spacial score (nSPS) is 15.4. The Morgan fingerprint density at radius 3 is 2.53 bits per heavy atom. The van der Waals surface area contributed by atoms with Crippen molar-refractivity contribution in [2.45, 2.75) is 13.0 Å². The van der Waals surface area contributed by atoms with Crippen LogP contribution in [0.15, 0.2) is 24.3 Å². The van der Waals surface area contributed by atoms with Gasteiger partial charge in [0, 0.05) is 37.6 Å². The van der Waals surface area contributed by atoms with E-state index in [-0.39, 0.29) is 6.61 Å². The molecule has 1 saturated heterocycles. The molecule has 3 N–H and O–H groups in total. The Morgan fingerprint density at radius 2 is 2.06 bits per heavy atom. The lowest BCUT2D eigenvalue weighted by Gasteiger charge is -2.29. The SMILES string of the molecule is CCN(CCO)c1ccc(NC2CNC2)cc1. The van der Waals surface area contributed by atoms with Crippen molar-refractivity contribution >= 4 is 11.4 Å². The average Bonchev–Trinajstić information content (AvgIpc) is 2.32. The lowest BCUT2D eigenvalue weighted by atomic mass is 10.1. The van der Waals surface area contributed by atoms with Crippen LogP contribution in [0.25, 0.3) is 0 Å². The molecule has 4 heteroatoms. The number of benzene rings is 1. The van der Waals surface area contributed by atoms with Crippen LogP contribution in [0.5, 0.6) is 0 Å². The molecule has 2 rings (SSSR count). The topological polar surface area (TPSA) is 47.5 Å². The number of likely N-dealkylation sites (N-methyl/N-ethyl adjacent to an activating group) is 1. The van der Waals surface area contributed by atoms with Gasteiger partial charge in [-0.1, -0.05) is 0 Å². The van der Waals surface area contributed by atoms with Crippen molar-refractivity contribution in [1.82, 2.24) is 5.32 Å². The molecule has 1 aromatic carbocycles. The van der Waals surface area contributed by atoms with Gasteiger partial charge in [0.2, 0.25) is 0 Å². The Labute approximate surface area is 103 Å². The number of nitrogens with one attached hydrogen (secondary N) is 2. The first-order valence-corrected chi connectivity index (χ1v) is 6.26. The Hall–Kier alpha value is -1.26. The van der Waals surface area contributed by atoms with E-state index in [1.807, 2.05) is 0 Å². The van der Waals surface area contributed by atoms with Crippen LogP contribution in [0.3, 0.4) is 0 Å². The van der Waals surface area contributed by atoms with Crippen LogP contribution in [-0.2, 0) is 0 Å². The summed E-state index contributed by atoms with van der Waals surface area (Å²) >= 11 is 0. The second-order valence-corrected chi connectivity index (χ2v) is 4.35. The van der Waals surface area contributed by atoms with E-state index in [1.54, 1.807) is 0 Å². The maximum Gasteiger partial charge on any atom is 0.0606 e. The van der Waals surface area contributed by atoms with Crippen molar-refractivity contribution in [3.8, 4) is 0 Å². The second kappa shape index (κ2) is 5.89. The molecule has 0 amide bonds. The summed E-state index contributed by atoms with van der Waals surface area (Å²) in [6.07, 6.45) is 0. The van der Waals surface area contributed by atoms with Gasteiger partial charge in [-0.05, 0) is 31.2 Å². The third-order valence-corrected chi connectivity index (χ3v) is 3.14. The molecule has 94 valence electrons. The van der Waals surface area contributed by atoms with Gasteiger partial charge < -0.3 is 20.6 Å². The summed E-state index contributed by atoms with van der Waals surface area (Å²) in [5.74, 6) is 0. The molecule has 0 saturated carbocycles. The van der Waals surface area contributed by atoms with Crippen LogP contribution in [-0.4, -0.2) is 43.9 Å². The Bertz CT molecular complexity index is 335. The molecular formula is C13H21N3O. The van der Waals surface area contributed by atoms with E-state index in [0.717, 1.165) is 19.6 Å². The van der Waals surface area contributed by atoms with Gasteiger partial charge in [-0.25, -0.2) is 0 Å². The molecule has 0 aromatic heterocycles. The summed E-state index contributed by atoms with van der Waals surface area (Å²) in [4.78, 5) is 2.16. The number of aliphatic hydroxyl groups is 1. The van der Waals surface area contributed by atoms with Crippen LogP contribution in [0.2, 0.25) is 0 Å². The van der Waals surface area contributed by atoms with E-state index in [9.17, 15) is 0 Å². The highest BCUT2D eigenvalue weighted by atomic mass is 16.3. The quantitative estimate of drug-likeness (QED) is 0.685. The molecule has 17 heavy (non-hydrogen) atoms. The van der Waals surface area contributed by atoms with E-state index < -0.39 is 0 Å². The number of anilines is 2. The largest absolute Gasteiger partial charge is 0.395 e. The van der Waals surface area contributed by atoms with Crippen LogP contribution in [0.4, 0.5) is 11.4 Å². The number of nitrogens with zero attached hydrogens (tertiary/aromatic N) is 1. The molecule has 1 fully saturated rings. The van der Waals surface area contributed by atoms with Gasteiger partial charge in [-0.15, -0.1) is 0 Å². The van der Waals surface area contributed by atoms with Gasteiger partial charge in [-0.3, -0.25) is 0 Å². The summed E-state index contributed by atoms with van der Waals surface area (Å²) in [6.45, 7) is 6.00. The molecule has 1 heterocycles. The summed E-state index contributed by atoms with van der Waals surface area (Å²) in [5.41, 5.74) is 2.33. The van der Waals surface area contributed by atoms with Crippen molar-refractivity contribution in [2.75, 3.05) is 43.0 Å². The summed E-state index contributed by atoms with van der Waals surface area (Å²) < 4.78 is 0. The molecular weight excluding hydrogens is 214 g/mol. The molecule has 1 aliphatic rings. The predicted molar refractivity (Wildman–Crippen MR) is 71.7 cm³/mol. The number of hydrogen-bond acceptors (Lipinski definition) is 4. The average molecular weight is 235 g/mol. The first kappa shape index (κ1) is 12.2. The van der Waals surface area contributed by atoms with Crippen molar-refractivity contribution in [3.63, 3.8) is 0 Å². The molecule has 0 bridgehead atoms. The lowest BCUT2D eigenvalue weighted by molar-refractivity contribution is 0.302. The summed E-state index contributed by atoms with van der Waals surface area (Å²) in [6, 6.07) is 8.99. The molecule has 0 radical (unpaired) electrons. The van der Waals surface area contributed by atoms with E-state index >= 15 is 0 Å². The van der Waals surface area contributed by atoms with E-state index in [0.29, 0.717) is 12.6 Å². The molecule has 0 atom stereocenters. The van der Waals surface area contributed by atoms with E-state index in [4.69, 9.17) is 5.11 Å². The number of hydrogen-bond donors (Lipinski definition) is 3. The van der Waals surface area contributed by atoms with Crippen molar-refractivity contribution in [1.29, 1.82) is 0 Å². The number of rotatable bonds is 6. The van der Waals surface area contributed by atoms with Crippen molar-refractivity contribution in [2.24, 2.45) is 0 Å². The minimum atomic E-state index is 0.196. The monoisotopic (exact) mass is 235 g/mol. The molecule has 1 aromatic rings. The summed E-state index contributed by atoms with van der Waals surface area (Å²) in [5, 5.41) is 15.7. The highest BCUT2D eigenvalue weighted by molar-refractivity contribution is 5.55. The van der Waals surface area contributed by atoms with Crippen LogP contribution in [0.1, 0.15) is 6.92 Å². The molecule has 0 aliphatic carbocycles. The predicted octanol–water partition coefficient (Wildman–Crippen LogP) is 0.889. The zero-order valence-corrected chi connectivity index (χ0v) is 10.3. The fourth-order valence-electron chi connectivity index (χ4n) is 1.99. The van der Waals surface area contributed by atoms with Crippen molar-refractivity contribution in [3.05, 3.63) is 24.3 Å². The van der Waals surface area contributed by atoms with Crippen LogP contribution < -0.4 is 15.5 Å².